The third-order valence-corrected chi connectivity index (χ3v) is 12.2. The van der Waals surface area contributed by atoms with Gasteiger partial charge in [0.15, 0.2) is 0 Å². The number of hydrogen-bond acceptors (Lipinski definition) is 1. The van der Waals surface area contributed by atoms with Gasteiger partial charge in [-0.05, 0) is 0 Å². The van der Waals surface area contributed by atoms with Crippen LogP contribution in [0.5, 0.6) is 0 Å². The summed E-state index contributed by atoms with van der Waals surface area (Å²) in [6.45, 7) is 0. The predicted molar refractivity (Wildman–Crippen MR) is 91.8 cm³/mol. The molecule has 0 atom stereocenters. The Balaban J connectivity index is 0.00000161. The molecule has 0 fully saturated rings. The van der Waals surface area contributed by atoms with Crippen molar-refractivity contribution in [1.29, 1.82) is 0 Å². The Morgan fingerprint density at radius 2 is 0.714 bits per heavy atom. The summed E-state index contributed by atoms with van der Waals surface area (Å²) in [6, 6.07) is 32.9. The molecule has 106 valence electrons. The van der Waals surface area contributed by atoms with Crippen LogP contribution in [0.3, 0.4) is 0 Å². The van der Waals surface area contributed by atoms with Gasteiger partial charge in [0.2, 0.25) is 0 Å². The standard InChI is InChI=1S/C19H18As.H2O/c1-20(17-11-5-2-6-12-17,18-13-7-3-8-14-18)19-15-9-4-10-16-19;/h2-16H,1H3;1H2/q+1;/p-1. The van der Waals surface area contributed by atoms with Crippen LogP contribution in [0.2, 0.25) is 5.71 Å². The van der Waals surface area contributed by atoms with E-state index in [-0.39, 0.29) is 5.48 Å². The van der Waals surface area contributed by atoms with Crippen LogP contribution < -0.4 is 13.1 Å². The zero-order valence-electron chi connectivity index (χ0n) is 12.1. The zero-order valence-corrected chi connectivity index (χ0v) is 13.9. The van der Waals surface area contributed by atoms with E-state index in [1.807, 2.05) is 0 Å². The van der Waals surface area contributed by atoms with Gasteiger partial charge in [0.05, 0.1) is 0 Å². The minimum Gasteiger partial charge on any atom is -0.870 e. The Bertz CT molecular complexity index is 569. The van der Waals surface area contributed by atoms with Crippen LogP contribution in [0.25, 0.3) is 0 Å². The van der Waals surface area contributed by atoms with Crippen molar-refractivity contribution in [1.82, 2.24) is 0 Å². The minimum atomic E-state index is -2.29. The molecule has 0 aliphatic rings. The molecule has 1 nitrogen and oxygen atoms in total. The summed E-state index contributed by atoms with van der Waals surface area (Å²) in [4.78, 5) is 0. The number of rotatable bonds is 3. The Morgan fingerprint density at radius 3 is 0.952 bits per heavy atom. The van der Waals surface area contributed by atoms with Gasteiger partial charge in [0.25, 0.3) is 0 Å². The Hall–Kier alpha value is -1.82. The van der Waals surface area contributed by atoms with Crippen molar-refractivity contribution in [3.8, 4) is 0 Å². The molecule has 0 heterocycles. The van der Waals surface area contributed by atoms with Crippen molar-refractivity contribution in [3.05, 3.63) is 91.0 Å². The van der Waals surface area contributed by atoms with Crippen LogP contribution in [0.1, 0.15) is 0 Å². The molecule has 0 aliphatic carbocycles. The molecule has 0 saturated carbocycles. The summed E-state index contributed by atoms with van der Waals surface area (Å²) < 4.78 is 4.47. The molecular formula is C19H19AsO. The van der Waals surface area contributed by atoms with Gasteiger partial charge in [-0.1, -0.05) is 0 Å². The largest absolute Gasteiger partial charge is 0.870 e. The Labute approximate surface area is 129 Å². The summed E-state index contributed by atoms with van der Waals surface area (Å²) in [7, 11) is 0. The molecule has 0 saturated heterocycles. The van der Waals surface area contributed by atoms with Crippen LogP contribution in [0, 0.1) is 0 Å². The van der Waals surface area contributed by atoms with Crippen LogP contribution in [0.15, 0.2) is 91.0 Å². The van der Waals surface area contributed by atoms with E-state index < -0.39 is 13.6 Å². The van der Waals surface area contributed by atoms with E-state index in [2.05, 4.69) is 96.7 Å². The molecule has 0 radical (unpaired) electrons. The molecule has 1 N–H and O–H groups in total. The maximum Gasteiger partial charge on any atom is -0.870 e. The molecule has 0 bridgehead atoms. The molecule has 0 unspecified atom stereocenters. The quantitative estimate of drug-likeness (QED) is 0.675. The van der Waals surface area contributed by atoms with Crippen molar-refractivity contribution >= 4 is 26.6 Å². The van der Waals surface area contributed by atoms with Gasteiger partial charge in [0.1, 0.15) is 0 Å². The van der Waals surface area contributed by atoms with E-state index in [4.69, 9.17) is 0 Å². The Kier molecular flexibility index (Phi) is 5.01. The topological polar surface area (TPSA) is 30.0 Å². The molecule has 0 aliphatic heterocycles. The summed E-state index contributed by atoms with van der Waals surface area (Å²) in [6.07, 6.45) is 0. The third-order valence-electron chi connectivity index (χ3n) is 3.82. The SMILES string of the molecule is C[As+](c1ccccc1)(c1ccccc1)c1ccccc1.[OH-]. The molecular weight excluding hydrogens is 319 g/mol. The van der Waals surface area contributed by atoms with Gasteiger partial charge in [-0.15, -0.1) is 0 Å². The van der Waals surface area contributed by atoms with Crippen LogP contribution in [-0.4, -0.2) is 19.0 Å². The van der Waals surface area contributed by atoms with Gasteiger partial charge in [-0.3, -0.25) is 0 Å². The summed E-state index contributed by atoms with van der Waals surface area (Å²) in [5.41, 5.74) is 2.47. The monoisotopic (exact) mass is 338 g/mol. The van der Waals surface area contributed by atoms with Crippen molar-refractivity contribution in [2.45, 2.75) is 5.71 Å². The van der Waals surface area contributed by atoms with Crippen molar-refractivity contribution in [3.63, 3.8) is 0 Å². The molecule has 0 amide bonds. The predicted octanol–water partition coefficient (Wildman–Crippen LogP) is 2.61. The first-order chi connectivity index (χ1) is 9.82. The molecule has 0 spiro atoms. The maximum absolute atomic E-state index is 2.47. The molecule has 2 heteroatoms. The summed E-state index contributed by atoms with van der Waals surface area (Å²) >= 11 is -2.29. The fourth-order valence-corrected chi connectivity index (χ4v) is 9.34. The minimum absolute atomic E-state index is 0. The van der Waals surface area contributed by atoms with Gasteiger partial charge in [-0.25, -0.2) is 0 Å². The average Bonchev–Trinajstić information content (AvgIpc) is 2.56. The third kappa shape index (κ3) is 2.95. The first-order valence-electron chi connectivity index (χ1n) is 6.85. The second-order valence-electron chi connectivity index (χ2n) is 5.01. The molecule has 3 aromatic carbocycles. The van der Waals surface area contributed by atoms with Crippen LogP contribution >= 0.6 is 0 Å². The maximum atomic E-state index is 2.47. The van der Waals surface area contributed by atoms with Crippen molar-refractivity contribution in [2.24, 2.45) is 0 Å². The van der Waals surface area contributed by atoms with E-state index in [1.54, 1.807) is 0 Å². The van der Waals surface area contributed by atoms with E-state index in [0.29, 0.717) is 0 Å². The first kappa shape index (κ1) is 15.6. The van der Waals surface area contributed by atoms with E-state index in [1.165, 1.54) is 13.1 Å². The van der Waals surface area contributed by atoms with Gasteiger partial charge in [-0.2, -0.15) is 0 Å². The number of hydrogen-bond donors (Lipinski definition) is 0. The molecule has 0 aromatic heterocycles. The van der Waals surface area contributed by atoms with Gasteiger partial charge >= 0.3 is 123 Å². The fourth-order valence-electron chi connectivity index (χ4n) is 2.63. The fraction of sp³-hybridized carbons (Fsp3) is 0.0526. The van der Waals surface area contributed by atoms with Crippen LogP contribution in [-0.2, 0) is 0 Å². The van der Waals surface area contributed by atoms with E-state index in [9.17, 15) is 0 Å². The van der Waals surface area contributed by atoms with Gasteiger partial charge in [0, 0.05) is 0 Å². The number of benzene rings is 3. The summed E-state index contributed by atoms with van der Waals surface area (Å²) in [5, 5.41) is 0. The van der Waals surface area contributed by atoms with Crippen LogP contribution in [0.4, 0.5) is 0 Å². The first-order valence-corrected chi connectivity index (χ1v) is 11.5. The smallest absolute Gasteiger partial charge is 0.870 e. The van der Waals surface area contributed by atoms with E-state index >= 15 is 0 Å². The molecule has 3 rings (SSSR count). The summed E-state index contributed by atoms with van der Waals surface area (Å²) in [5.74, 6) is 0. The normalized spacial score (nSPS) is 10.7. The zero-order chi connectivity index (χ0) is 13.8. The Morgan fingerprint density at radius 1 is 0.476 bits per heavy atom. The second kappa shape index (κ2) is 6.76. The van der Waals surface area contributed by atoms with Gasteiger partial charge < -0.3 is 5.48 Å². The second-order valence-corrected chi connectivity index (χ2v) is 12.5. The van der Waals surface area contributed by atoms with E-state index in [0.717, 1.165) is 0 Å². The van der Waals surface area contributed by atoms with Crippen molar-refractivity contribution in [2.75, 3.05) is 0 Å². The van der Waals surface area contributed by atoms with Crippen molar-refractivity contribution < 1.29 is 5.48 Å². The molecule has 21 heavy (non-hydrogen) atoms. The average molecular weight is 338 g/mol. The molecule has 3 aromatic rings.